The minimum atomic E-state index is -0.474. The van der Waals surface area contributed by atoms with Gasteiger partial charge in [-0.05, 0) is 30.7 Å². The van der Waals surface area contributed by atoms with E-state index in [-0.39, 0.29) is 19.0 Å². The molecule has 0 saturated heterocycles. The summed E-state index contributed by atoms with van der Waals surface area (Å²) < 4.78 is 10.7. The van der Waals surface area contributed by atoms with E-state index in [0.29, 0.717) is 17.9 Å². The van der Waals surface area contributed by atoms with E-state index in [9.17, 15) is 9.59 Å². The van der Waals surface area contributed by atoms with Gasteiger partial charge in [-0.25, -0.2) is 0 Å². The van der Waals surface area contributed by atoms with Crippen LogP contribution in [-0.2, 0) is 9.53 Å². The highest BCUT2D eigenvalue weighted by atomic mass is 16.5. The van der Waals surface area contributed by atoms with Gasteiger partial charge in [0.2, 0.25) is 5.91 Å². The minimum Gasteiger partial charge on any atom is -0.493 e. The number of carbonyl (C=O) groups is 2. The van der Waals surface area contributed by atoms with Crippen LogP contribution in [0.2, 0.25) is 0 Å². The van der Waals surface area contributed by atoms with Crippen LogP contribution in [0.5, 0.6) is 5.75 Å². The quantitative estimate of drug-likeness (QED) is 0.247. The van der Waals surface area contributed by atoms with Crippen LogP contribution in [0.1, 0.15) is 101 Å². The third-order valence-corrected chi connectivity index (χ3v) is 4.97. The summed E-state index contributed by atoms with van der Waals surface area (Å²) in [7, 11) is 0. The van der Waals surface area contributed by atoms with Gasteiger partial charge < -0.3 is 15.2 Å². The summed E-state index contributed by atoms with van der Waals surface area (Å²) in [5, 5.41) is 0. The van der Waals surface area contributed by atoms with Crippen molar-refractivity contribution >= 4 is 11.9 Å². The lowest BCUT2D eigenvalue weighted by molar-refractivity contribution is -0.144. The monoisotopic (exact) mass is 405 g/mol. The number of ether oxygens (including phenoxy) is 2. The van der Waals surface area contributed by atoms with Crippen LogP contribution in [0.3, 0.4) is 0 Å². The van der Waals surface area contributed by atoms with Gasteiger partial charge in [0, 0.05) is 5.56 Å². The van der Waals surface area contributed by atoms with Crippen LogP contribution in [0, 0.1) is 0 Å². The average molecular weight is 406 g/mol. The molecular formula is C24H39NO4. The highest BCUT2D eigenvalue weighted by molar-refractivity contribution is 5.92. The maximum atomic E-state index is 11.7. The molecule has 5 nitrogen and oxygen atoms in total. The Balaban J connectivity index is 1.88. The first kappa shape index (κ1) is 25.0. The maximum Gasteiger partial charge on any atom is 0.309 e. The zero-order chi connectivity index (χ0) is 21.2. The second-order valence-electron chi connectivity index (χ2n) is 7.60. The van der Waals surface area contributed by atoms with Crippen molar-refractivity contribution in [2.24, 2.45) is 5.73 Å². The van der Waals surface area contributed by atoms with E-state index in [4.69, 9.17) is 15.2 Å². The molecule has 0 fully saturated rings. The molecule has 29 heavy (non-hydrogen) atoms. The molecule has 0 radical (unpaired) electrons. The molecule has 0 heterocycles. The summed E-state index contributed by atoms with van der Waals surface area (Å²) in [6.07, 6.45) is 15.7. The van der Waals surface area contributed by atoms with Crippen molar-refractivity contribution < 1.29 is 19.1 Å². The number of unbranched alkanes of at least 4 members (excludes halogenated alkanes) is 11. The number of carbonyl (C=O) groups excluding carboxylic acids is 2. The maximum absolute atomic E-state index is 11.7. The number of primary amides is 1. The normalized spacial score (nSPS) is 10.7. The van der Waals surface area contributed by atoms with E-state index in [1.807, 2.05) is 0 Å². The van der Waals surface area contributed by atoms with E-state index in [0.717, 1.165) is 12.8 Å². The zero-order valence-electron chi connectivity index (χ0n) is 18.1. The summed E-state index contributed by atoms with van der Waals surface area (Å²) in [4.78, 5) is 22.7. The molecule has 1 rings (SSSR count). The number of amides is 1. The van der Waals surface area contributed by atoms with Crippen molar-refractivity contribution in [1.29, 1.82) is 0 Å². The van der Waals surface area contributed by atoms with Crippen LogP contribution < -0.4 is 10.5 Å². The van der Waals surface area contributed by atoms with Crippen molar-refractivity contribution in [3.05, 3.63) is 29.8 Å². The Morgan fingerprint density at radius 3 is 1.79 bits per heavy atom. The van der Waals surface area contributed by atoms with E-state index in [2.05, 4.69) is 6.92 Å². The third kappa shape index (κ3) is 13.7. The molecule has 1 aromatic rings. The Labute approximate surface area is 176 Å². The van der Waals surface area contributed by atoms with Crippen molar-refractivity contribution in [1.82, 2.24) is 0 Å². The van der Waals surface area contributed by atoms with Gasteiger partial charge in [-0.1, -0.05) is 77.6 Å². The number of hydrogen-bond acceptors (Lipinski definition) is 4. The summed E-state index contributed by atoms with van der Waals surface area (Å²) in [5.41, 5.74) is 5.62. The molecule has 0 atom stereocenters. The van der Waals surface area contributed by atoms with Crippen LogP contribution in [0.25, 0.3) is 0 Å². The van der Waals surface area contributed by atoms with Crippen LogP contribution in [0.4, 0.5) is 0 Å². The van der Waals surface area contributed by atoms with E-state index < -0.39 is 5.91 Å². The van der Waals surface area contributed by atoms with E-state index in [1.54, 1.807) is 24.3 Å². The van der Waals surface area contributed by atoms with Gasteiger partial charge in [0.1, 0.15) is 5.75 Å². The van der Waals surface area contributed by atoms with Gasteiger partial charge in [-0.15, -0.1) is 0 Å². The number of rotatable bonds is 18. The van der Waals surface area contributed by atoms with Gasteiger partial charge in [0.05, 0.1) is 19.6 Å². The smallest absolute Gasteiger partial charge is 0.309 e. The summed E-state index contributed by atoms with van der Waals surface area (Å²) >= 11 is 0. The molecule has 5 heteroatoms. The molecule has 1 amide bonds. The fourth-order valence-corrected chi connectivity index (χ4v) is 3.17. The number of hydrogen-bond donors (Lipinski definition) is 1. The van der Waals surface area contributed by atoms with Crippen LogP contribution >= 0.6 is 0 Å². The second kappa shape index (κ2) is 16.9. The Morgan fingerprint density at radius 1 is 0.759 bits per heavy atom. The molecule has 164 valence electrons. The van der Waals surface area contributed by atoms with Gasteiger partial charge in [0.15, 0.2) is 0 Å². The Hall–Kier alpha value is -2.04. The van der Waals surface area contributed by atoms with Crippen LogP contribution in [-0.4, -0.2) is 25.1 Å². The second-order valence-corrected chi connectivity index (χ2v) is 7.60. The highest BCUT2D eigenvalue weighted by Crippen LogP contribution is 2.13. The molecule has 0 aliphatic heterocycles. The zero-order valence-corrected chi connectivity index (χ0v) is 18.1. The fraction of sp³-hybridized carbons (Fsp3) is 0.667. The van der Waals surface area contributed by atoms with Crippen molar-refractivity contribution in [2.45, 2.75) is 90.4 Å². The SMILES string of the molecule is CCCCCCCCCCCCCCOC(=O)CCOc1ccc(C(N)=O)cc1. The highest BCUT2D eigenvalue weighted by Gasteiger charge is 2.05. The molecule has 0 unspecified atom stereocenters. The average Bonchev–Trinajstić information content (AvgIpc) is 2.72. The van der Waals surface area contributed by atoms with Crippen molar-refractivity contribution in [2.75, 3.05) is 13.2 Å². The predicted octanol–water partition coefficient (Wildman–Crippen LogP) is 5.80. The van der Waals surface area contributed by atoms with Gasteiger partial charge in [-0.2, -0.15) is 0 Å². The van der Waals surface area contributed by atoms with Crippen LogP contribution in [0.15, 0.2) is 24.3 Å². The molecule has 0 bridgehead atoms. The molecule has 0 spiro atoms. The molecule has 0 saturated carbocycles. The standard InChI is InChI=1S/C24H39NO4/c1-2-3-4-5-6-7-8-9-10-11-12-13-19-29-23(26)18-20-28-22-16-14-21(15-17-22)24(25)27/h14-17H,2-13,18-20H2,1H3,(H2,25,27). The third-order valence-electron chi connectivity index (χ3n) is 4.97. The lowest BCUT2D eigenvalue weighted by Gasteiger charge is -2.07. The van der Waals surface area contributed by atoms with E-state index >= 15 is 0 Å². The number of nitrogens with two attached hydrogens (primary N) is 1. The molecule has 0 aromatic heterocycles. The van der Waals surface area contributed by atoms with Gasteiger partial charge in [-0.3, -0.25) is 9.59 Å². The Morgan fingerprint density at radius 2 is 1.28 bits per heavy atom. The summed E-state index contributed by atoms with van der Waals surface area (Å²) in [6, 6.07) is 6.53. The molecule has 2 N–H and O–H groups in total. The number of benzene rings is 1. The lowest BCUT2D eigenvalue weighted by Crippen LogP contribution is -2.12. The summed E-state index contributed by atoms with van der Waals surface area (Å²) in [5.74, 6) is -0.108. The summed E-state index contributed by atoms with van der Waals surface area (Å²) in [6.45, 7) is 3.00. The molecular weight excluding hydrogens is 366 g/mol. The Kier molecular flexibility index (Phi) is 14.5. The van der Waals surface area contributed by atoms with E-state index in [1.165, 1.54) is 64.2 Å². The molecule has 1 aromatic carbocycles. The first-order chi connectivity index (χ1) is 14.1. The van der Waals surface area contributed by atoms with Crippen molar-refractivity contribution in [3.63, 3.8) is 0 Å². The minimum absolute atomic E-state index is 0.218. The molecule has 0 aliphatic carbocycles. The Bertz CT molecular complexity index is 557. The predicted molar refractivity (Wildman–Crippen MR) is 117 cm³/mol. The van der Waals surface area contributed by atoms with Gasteiger partial charge in [0.25, 0.3) is 0 Å². The molecule has 0 aliphatic rings. The fourth-order valence-electron chi connectivity index (χ4n) is 3.17. The first-order valence-corrected chi connectivity index (χ1v) is 11.3. The number of esters is 1. The van der Waals surface area contributed by atoms with Gasteiger partial charge >= 0.3 is 5.97 Å². The largest absolute Gasteiger partial charge is 0.493 e. The van der Waals surface area contributed by atoms with Crippen molar-refractivity contribution in [3.8, 4) is 5.75 Å². The topological polar surface area (TPSA) is 78.6 Å². The lowest BCUT2D eigenvalue weighted by atomic mass is 10.1. The first-order valence-electron chi connectivity index (χ1n) is 11.3.